The van der Waals surface area contributed by atoms with Gasteiger partial charge in [0.25, 0.3) is 0 Å². The predicted octanol–water partition coefficient (Wildman–Crippen LogP) is 18.0. The standard InChI is InChI=1S/C60H38N2S2/c1-3-11-39(12-4-1)41-19-27-45(28-20-41)61(46-29-21-42(22-30-46)40-13-5-2-6-14-40)47-31-23-43(24-32-47)44-25-33-48(34-26-44)62-52-37-38-56-57(51-16-8-10-18-55(51)63-56)58(52)59-53(62)36-35-50-49-15-7-9-17-54(49)64-60(50)59/h1-38H. The van der Waals surface area contributed by atoms with Crippen LogP contribution in [0.15, 0.2) is 231 Å². The summed E-state index contributed by atoms with van der Waals surface area (Å²) in [4.78, 5) is 2.35. The fourth-order valence-corrected chi connectivity index (χ4v) is 12.1. The number of hydrogen-bond acceptors (Lipinski definition) is 3. The van der Waals surface area contributed by atoms with Crippen LogP contribution in [-0.4, -0.2) is 4.57 Å². The van der Waals surface area contributed by atoms with Gasteiger partial charge in [-0.25, -0.2) is 0 Å². The Balaban J connectivity index is 0.898. The lowest BCUT2D eigenvalue weighted by molar-refractivity contribution is 1.18. The molecule has 0 saturated heterocycles. The molecule has 3 heterocycles. The highest BCUT2D eigenvalue weighted by atomic mass is 32.1. The van der Waals surface area contributed by atoms with E-state index in [4.69, 9.17) is 0 Å². The maximum Gasteiger partial charge on any atom is 0.0556 e. The van der Waals surface area contributed by atoms with E-state index in [0.717, 1.165) is 22.7 Å². The van der Waals surface area contributed by atoms with Crippen LogP contribution in [0.5, 0.6) is 0 Å². The van der Waals surface area contributed by atoms with Crippen molar-refractivity contribution in [2.45, 2.75) is 0 Å². The van der Waals surface area contributed by atoms with Crippen LogP contribution in [0.3, 0.4) is 0 Å². The van der Waals surface area contributed by atoms with Crippen molar-refractivity contribution in [1.29, 1.82) is 0 Å². The minimum Gasteiger partial charge on any atom is -0.311 e. The van der Waals surface area contributed by atoms with Crippen LogP contribution in [0.25, 0.3) is 101 Å². The lowest BCUT2D eigenvalue weighted by atomic mass is 10.0. The van der Waals surface area contributed by atoms with E-state index in [0.29, 0.717) is 0 Å². The van der Waals surface area contributed by atoms with Crippen molar-refractivity contribution in [3.05, 3.63) is 231 Å². The first-order chi connectivity index (χ1) is 31.7. The molecule has 0 N–H and O–H groups in total. The van der Waals surface area contributed by atoms with Crippen molar-refractivity contribution in [3.8, 4) is 39.1 Å². The molecule has 10 aromatic carbocycles. The van der Waals surface area contributed by atoms with Gasteiger partial charge in [-0.2, -0.15) is 0 Å². The lowest BCUT2D eigenvalue weighted by Gasteiger charge is -2.26. The predicted molar refractivity (Wildman–Crippen MR) is 278 cm³/mol. The van der Waals surface area contributed by atoms with Gasteiger partial charge in [0.2, 0.25) is 0 Å². The fourth-order valence-electron chi connectivity index (χ4n) is 9.78. The van der Waals surface area contributed by atoms with Gasteiger partial charge >= 0.3 is 0 Å². The molecule has 0 atom stereocenters. The van der Waals surface area contributed by atoms with Crippen LogP contribution in [0.1, 0.15) is 0 Å². The Kier molecular flexibility index (Phi) is 8.61. The molecule has 13 aromatic rings. The molecule has 4 heteroatoms. The topological polar surface area (TPSA) is 8.17 Å². The monoisotopic (exact) mass is 850 g/mol. The number of benzene rings is 10. The number of hydrogen-bond donors (Lipinski definition) is 0. The highest BCUT2D eigenvalue weighted by molar-refractivity contribution is 7.27. The molecule has 0 aliphatic carbocycles. The summed E-state index contributed by atoms with van der Waals surface area (Å²) >= 11 is 3.81. The molecule has 0 radical (unpaired) electrons. The van der Waals surface area contributed by atoms with Gasteiger partial charge in [0.15, 0.2) is 0 Å². The Hall–Kier alpha value is -7.76. The zero-order valence-electron chi connectivity index (χ0n) is 34.7. The average Bonchev–Trinajstić information content (AvgIpc) is 4.05. The third-order valence-electron chi connectivity index (χ3n) is 12.8. The molecular formula is C60H38N2S2. The number of aromatic nitrogens is 1. The van der Waals surface area contributed by atoms with Gasteiger partial charge in [-0.15, -0.1) is 22.7 Å². The molecule has 2 nitrogen and oxygen atoms in total. The average molecular weight is 851 g/mol. The molecule has 0 aliphatic rings. The summed E-state index contributed by atoms with van der Waals surface area (Å²) < 4.78 is 7.83. The third-order valence-corrected chi connectivity index (χ3v) is 15.2. The van der Waals surface area contributed by atoms with Gasteiger partial charge in [0.05, 0.1) is 11.0 Å². The molecule has 0 saturated carbocycles. The highest BCUT2D eigenvalue weighted by Crippen LogP contribution is 2.48. The normalized spacial score (nSPS) is 11.8. The van der Waals surface area contributed by atoms with Crippen molar-refractivity contribution >= 4 is 102 Å². The summed E-state index contributed by atoms with van der Waals surface area (Å²) in [7, 11) is 0. The zero-order chi connectivity index (χ0) is 42.1. The first kappa shape index (κ1) is 36.9. The second kappa shape index (κ2) is 15.0. The molecule has 0 aliphatic heterocycles. The highest BCUT2D eigenvalue weighted by Gasteiger charge is 2.22. The second-order valence-electron chi connectivity index (χ2n) is 16.5. The van der Waals surface area contributed by atoms with E-state index in [1.807, 2.05) is 22.7 Å². The summed E-state index contributed by atoms with van der Waals surface area (Å²) in [6.07, 6.45) is 0. The Morgan fingerprint density at radius 2 is 0.719 bits per heavy atom. The summed E-state index contributed by atoms with van der Waals surface area (Å²) in [5.41, 5.74) is 14.1. The van der Waals surface area contributed by atoms with Crippen LogP contribution in [-0.2, 0) is 0 Å². The molecule has 0 bridgehead atoms. The number of anilines is 3. The van der Waals surface area contributed by atoms with E-state index in [1.165, 1.54) is 95.5 Å². The molecule has 300 valence electrons. The van der Waals surface area contributed by atoms with Crippen molar-refractivity contribution in [1.82, 2.24) is 4.57 Å². The van der Waals surface area contributed by atoms with Gasteiger partial charge in [-0.3, -0.25) is 0 Å². The van der Waals surface area contributed by atoms with E-state index < -0.39 is 0 Å². The first-order valence-corrected chi connectivity index (χ1v) is 23.4. The Morgan fingerprint density at radius 3 is 1.28 bits per heavy atom. The summed E-state index contributed by atoms with van der Waals surface area (Å²) in [6, 6.07) is 84.2. The van der Waals surface area contributed by atoms with Gasteiger partial charge in [-0.05, 0) is 112 Å². The number of rotatable bonds is 7. The van der Waals surface area contributed by atoms with E-state index in [1.54, 1.807) is 0 Å². The zero-order valence-corrected chi connectivity index (χ0v) is 36.3. The minimum absolute atomic E-state index is 1.10. The molecule has 3 aromatic heterocycles. The van der Waals surface area contributed by atoms with E-state index in [-0.39, 0.29) is 0 Å². The Bertz CT molecular complexity index is 3760. The third kappa shape index (κ3) is 5.99. The van der Waals surface area contributed by atoms with Crippen LogP contribution < -0.4 is 4.90 Å². The molecule has 0 fully saturated rings. The van der Waals surface area contributed by atoms with Crippen molar-refractivity contribution in [3.63, 3.8) is 0 Å². The fraction of sp³-hybridized carbons (Fsp3) is 0. The van der Waals surface area contributed by atoms with Gasteiger partial charge in [0.1, 0.15) is 0 Å². The van der Waals surface area contributed by atoms with Crippen LogP contribution in [0.4, 0.5) is 17.1 Å². The smallest absolute Gasteiger partial charge is 0.0556 e. The quantitative estimate of drug-likeness (QED) is 0.155. The van der Waals surface area contributed by atoms with Crippen LogP contribution in [0.2, 0.25) is 0 Å². The first-order valence-electron chi connectivity index (χ1n) is 21.7. The molecular weight excluding hydrogens is 813 g/mol. The SMILES string of the molecule is c1ccc(-c2ccc(N(c3ccc(-c4ccccc4)cc3)c3ccc(-c4ccc(-n5c6ccc7c8ccccc8sc7c6c6c7c(ccc65)sc5ccccc57)cc4)cc3)cc2)cc1. The van der Waals surface area contributed by atoms with E-state index in [9.17, 15) is 0 Å². The van der Waals surface area contributed by atoms with Crippen LogP contribution in [0, 0.1) is 0 Å². The minimum atomic E-state index is 1.10. The van der Waals surface area contributed by atoms with Crippen molar-refractivity contribution in [2.24, 2.45) is 0 Å². The Labute approximate surface area is 378 Å². The van der Waals surface area contributed by atoms with Gasteiger partial charge in [0, 0.05) is 73.9 Å². The number of fused-ring (bicyclic) bond motifs is 11. The molecule has 0 amide bonds. The number of thiophene rings is 2. The number of nitrogens with zero attached hydrogens (tertiary/aromatic N) is 2. The molecule has 13 rings (SSSR count). The summed E-state index contributed by atoms with van der Waals surface area (Å²) in [5.74, 6) is 0. The summed E-state index contributed by atoms with van der Waals surface area (Å²) in [6.45, 7) is 0. The largest absolute Gasteiger partial charge is 0.311 e. The van der Waals surface area contributed by atoms with Crippen molar-refractivity contribution in [2.75, 3.05) is 4.90 Å². The molecule has 64 heavy (non-hydrogen) atoms. The van der Waals surface area contributed by atoms with E-state index in [2.05, 4.69) is 240 Å². The maximum atomic E-state index is 2.48. The van der Waals surface area contributed by atoms with Crippen molar-refractivity contribution < 1.29 is 0 Å². The van der Waals surface area contributed by atoms with Gasteiger partial charge in [-0.1, -0.05) is 152 Å². The molecule has 0 unspecified atom stereocenters. The van der Waals surface area contributed by atoms with E-state index >= 15 is 0 Å². The lowest BCUT2D eigenvalue weighted by Crippen LogP contribution is -2.09. The van der Waals surface area contributed by atoms with Crippen LogP contribution >= 0.6 is 22.7 Å². The maximum absolute atomic E-state index is 2.48. The Morgan fingerprint density at radius 1 is 0.281 bits per heavy atom. The molecule has 0 spiro atoms. The van der Waals surface area contributed by atoms with Gasteiger partial charge < -0.3 is 9.47 Å². The summed E-state index contributed by atoms with van der Waals surface area (Å²) in [5, 5.41) is 8.03. The second-order valence-corrected chi connectivity index (χ2v) is 18.6.